The first kappa shape index (κ1) is 24.1. The Morgan fingerprint density at radius 3 is 2.73 bits per heavy atom. The summed E-state index contributed by atoms with van der Waals surface area (Å²) in [5, 5.41) is 4.00. The van der Waals surface area contributed by atoms with Crippen molar-refractivity contribution in [3.05, 3.63) is 95.8 Å². The first-order chi connectivity index (χ1) is 17.7. The van der Waals surface area contributed by atoms with Gasteiger partial charge in [-0.3, -0.25) is 4.79 Å². The van der Waals surface area contributed by atoms with Gasteiger partial charge in [-0.25, -0.2) is 9.98 Å². The van der Waals surface area contributed by atoms with Gasteiger partial charge in [0.25, 0.3) is 5.91 Å². The molecule has 1 aliphatic heterocycles. The number of halogens is 3. The van der Waals surface area contributed by atoms with Gasteiger partial charge in [-0.05, 0) is 66.2 Å². The van der Waals surface area contributed by atoms with E-state index in [9.17, 15) is 18.0 Å². The van der Waals surface area contributed by atoms with Crippen molar-refractivity contribution in [2.24, 2.45) is 10.7 Å². The minimum absolute atomic E-state index is 0.0153. The number of aliphatic imine (C=N–C) groups is 1. The molecule has 4 aromatic rings. The summed E-state index contributed by atoms with van der Waals surface area (Å²) >= 11 is 0. The number of carbonyl (C=O) groups is 1. The zero-order valence-electron chi connectivity index (χ0n) is 19.7. The van der Waals surface area contributed by atoms with Crippen LogP contribution in [0, 0.1) is 6.92 Å². The number of nitrogens with one attached hydrogen (secondary N) is 1. The van der Waals surface area contributed by atoms with Crippen LogP contribution in [0.5, 0.6) is 5.75 Å². The summed E-state index contributed by atoms with van der Waals surface area (Å²) in [5.41, 5.74) is 6.06. The molecular weight excluding hydrogens is 483 g/mol. The molecule has 1 unspecified atom stereocenters. The Labute approximate surface area is 210 Å². The molecule has 0 radical (unpaired) electrons. The Morgan fingerprint density at radius 2 is 2.00 bits per heavy atom. The van der Waals surface area contributed by atoms with Gasteiger partial charge >= 0.3 is 6.18 Å². The number of nitrogens with zero attached hydrogens (tertiary/aromatic N) is 3. The van der Waals surface area contributed by atoms with E-state index in [1.165, 1.54) is 17.0 Å². The lowest BCUT2D eigenvalue weighted by Gasteiger charge is -2.17. The Hall–Kier alpha value is -4.60. The second kappa shape index (κ2) is 9.45. The molecule has 0 aliphatic carbocycles. The lowest BCUT2D eigenvalue weighted by atomic mass is 10.0. The molecule has 37 heavy (non-hydrogen) atoms. The summed E-state index contributed by atoms with van der Waals surface area (Å²) in [4.78, 5) is 21.3. The van der Waals surface area contributed by atoms with Crippen LogP contribution in [-0.2, 0) is 6.18 Å². The van der Waals surface area contributed by atoms with Crippen LogP contribution < -0.4 is 15.8 Å². The molecule has 188 valence electrons. The summed E-state index contributed by atoms with van der Waals surface area (Å²) < 4.78 is 48.2. The number of aryl methyl sites for hydroxylation is 1. The standard InChI is InChI=1S/C27H22F3N5O2/c1-16-14-35(15-33-16)20-11-18(27(28,29)30)10-19(12-20)34-26(36)24-4-2-3-17-9-21(5-6-23(17)24)37-22-7-8-32-25(31)13-22/h2-6,8-15,22H,7,31H2,1H3,(H,34,36). The van der Waals surface area contributed by atoms with Crippen LogP contribution in [0.4, 0.5) is 18.9 Å². The summed E-state index contributed by atoms with van der Waals surface area (Å²) in [5.74, 6) is 0.440. The van der Waals surface area contributed by atoms with Crippen LogP contribution in [-0.4, -0.2) is 27.8 Å². The van der Waals surface area contributed by atoms with Crippen molar-refractivity contribution in [3.63, 3.8) is 0 Å². The fourth-order valence-corrected chi connectivity index (χ4v) is 4.11. The van der Waals surface area contributed by atoms with Gasteiger partial charge in [0.15, 0.2) is 0 Å². The molecular formula is C27H22F3N5O2. The number of carbonyl (C=O) groups excluding carboxylic acids is 1. The number of hydrogen-bond donors (Lipinski definition) is 2. The van der Waals surface area contributed by atoms with Crippen molar-refractivity contribution in [1.29, 1.82) is 0 Å². The lowest BCUT2D eigenvalue weighted by Crippen LogP contribution is -2.19. The maximum absolute atomic E-state index is 13.6. The number of rotatable bonds is 5. The predicted octanol–water partition coefficient (Wildman–Crippen LogP) is 5.63. The molecule has 3 N–H and O–H groups in total. The van der Waals surface area contributed by atoms with E-state index in [2.05, 4.69) is 15.3 Å². The van der Waals surface area contributed by atoms with E-state index in [1.807, 2.05) is 6.07 Å². The van der Waals surface area contributed by atoms with Crippen LogP contribution in [0.1, 0.15) is 28.0 Å². The maximum atomic E-state index is 13.6. The molecule has 1 amide bonds. The molecule has 1 aromatic heterocycles. The highest BCUT2D eigenvalue weighted by atomic mass is 19.4. The molecule has 2 heterocycles. The normalized spacial score (nSPS) is 15.5. The molecule has 10 heteroatoms. The van der Waals surface area contributed by atoms with Crippen LogP contribution in [0.2, 0.25) is 0 Å². The van der Waals surface area contributed by atoms with Gasteiger partial charge in [-0.1, -0.05) is 12.1 Å². The van der Waals surface area contributed by atoms with Gasteiger partial charge in [0.05, 0.1) is 17.6 Å². The van der Waals surface area contributed by atoms with Gasteiger partial charge < -0.3 is 20.4 Å². The second-order valence-electron chi connectivity index (χ2n) is 8.63. The van der Waals surface area contributed by atoms with Gasteiger partial charge in [0, 0.05) is 35.8 Å². The number of hydrogen-bond acceptors (Lipinski definition) is 5. The van der Waals surface area contributed by atoms with Crippen LogP contribution >= 0.6 is 0 Å². The highest BCUT2D eigenvalue weighted by Crippen LogP contribution is 2.33. The van der Waals surface area contributed by atoms with Crippen LogP contribution in [0.15, 0.2) is 84.0 Å². The number of anilines is 1. The zero-order chi connectivity index (χ0) is 26.2. The summed E-state index contributed by atoms with van der Waals surface area (Å²) in [6, 6.07) is 13.8. The average molecular weight is 506 g/mol. The van der Waals surface area contributed by atoms with E-state index < -0.39 is 17.6 Å². The molecule has 0 fully saturated rings. The van der Waals surface area contributed by atoms with Crippen molar-refractivity contribution >= 4 is 28.6 Å². The third kappa shape index (κ3) is 5.32. The Morgan fingerprint density at radius 1 is 1.16 bits per heavy atom. The Balaban J connectivity index is 1.43. The first-order valence-electron chi connectivity index (χ1n) is 11.4. The van der Waals surface area contributed by atoms with E-state index >= 15 is 0 Å². The zero-order valence-corrected chi connectivity index (χ0v) is 19.7. The number of fused-ring (bicyclic) bond motifs is 1. The maximum Gasteiger partial charge on any atom is 0.416 e. The average Bonchev–Trinajstić information content (AvgIpc) is 3.29. The molecule has 3 aromatic carbocycles. The number of ether oxygens (including phenoxy) is 1. The van der Waals surface area contributed by atoms with Gasteiger partial charge in [0.1, 0.15) is 17.7 Å². The molecule has 0 saturated heterocycles. The van der Waals surface area contributed by atoms with Crippen LogP contribution in [0.3, 0.4) is 0 Å². The van der Waals surface area contributed by atoms with Crippen molar-refractivity contribution in [2.45, 2.75) is 25.6 Å². The number of nitrogens with two attached hydrogens (primary N) is 1. The second-order valence-corrected chi connectivity index (χ2v) is 8.63. The highest BCUT2D eigenvalue weighted by Gasteiger charge is 2.31. The summed E-state index contributed by atoms with van der Waals surface area (Å²) in [6.07, 6.45) is 2.18. The number of imidazole rings is 1. The van der Waals surface area contributed by atoms with E-state index in [0.717, 1.165) is 17.5 Å². The minimum Gasteiger partial charge on any atom is -0.486 e. The third-order valence-corrected chi connectivity index (χ3v) is 5.83. The molecule has 7 nitrogen and oxygen atoms in total. The highest BCUT2D eigenvalue weighted by molar-refractivity contribution is 6.13. The molecule has 0 saturated carbocycles. The molecule has 1 atom stereocenters. The summed E-state index contributed by atoms with van der Waals surface area (Å²) in [6.45, 7) is 1.74. The monoisotopic (exact) mass is 505 g/mol. The van der Waals surface area contributed by atoms with Gasteiger partial charge in [-0.15, -0.1) is 0 Å². The van der Waals surface area contributed by atoms with E-state index in [1.54, 1.807) is 55.7 Å². The molecule has 0 spiro atoms. The van der Waals surface area contributed by atoms with Gasteiger partial charge in [-0.2, -0.15) is 13.2 Å². The fourth-order valence-electron chi connectivity index (χ4n) is 4.11. The number of aromatic nitrogens is 2. The van der Waals surface area contributed by atoms with Crippen molar-refractivity contribution < 1.29 is 22.7 Å². The molecule has 5 rings (SSSR count). The van der Waals surface area contributed by atoms with Gasteiger partial charge in [0.2, 0.25) is 0 Å². The van der Waals surface area contributed by atoms with Crippen molar-refractivity contribution in [3.8, 4) is 11.4 Å². The van der Waals surface area contributed by atoms with E-state index in [0.29, 0.717) is 34.6 Å². The lowest BCUT2D eigenvalue weighted by molar-refractivity contribution is -0.137. The predicted molar refractivity (Wildman–Crippen MR) is 135 cm³/mol. The number of benzene rings is 3. The topological polar surface area (TPSA) is 94.5 Å². The molecule has 0 bridgehead atoms. The van der Waals surface area contributed by atoms with Crippen molar-refractivity contribution in [2.75, 3.05) is 5.32 Å². The quantitative estimate of drug-likeness (QED) is 0.368. The smallest absolute Gasteiger partial charge is 0.416 e. The molecule has 1 aliphatic rings. The summed E-state index contributed by atoms with van der Waals surface area (Å²) in [7, 11) is 0. The Kier molecular flexibility index (Phi) is 6.16. The largest absolute Gasteiger partial charge is 0.486 e. The van der Waals surface area contributed by atoms with E-state index in [4.69, 9.17) is 10.5 Å². The number of alkyl halides is 3. The third-order valence-electron chi connectivity index (χ3n) is 5.83. The fraction of sp³-hybridized carbons (Fsp3) is 0.148. The van der Waals surface area contributed by atoms with Crippen LogP contribution in [0.25, 0.3) is 16.5 Å². The SMILES string of the molecule is Cc1cn(-c2cc(NC(=O)c3cccc4cc(OC5C=C(N)N=CC5)ccc34)cc(C(F)(F)F)c2)cn1. The Bertz CT molecular complexity index is 1560. The van der Waals surface area contributed by atoms with Crippen molar-refractivity contribution in [1.82, 2.24) is 9.55 Å². The number of amides is 1. The van der Waals surface area contributed by atoms with E-state index in [-0.39, 0.29) is 17.5 Å². The first-order valence-corrected chi connectivity index (χ1v) is 11.4. The minimum atomic E-state index is -4.59.